The number of benzene rings is 1. The average molecular weight is 218 g/mol. The van der Waals surface area contributed by atoms with E-state index in [1.54, 1.807) is 0 Å². The van der Waals surface area contributed by atoms with Gasteiger partial charge >= 0.3 is 5.97 Å². The van der Waals surface area contributed by atoms with Crippen LogP contribution in [0.5, 0.6) is 0 Å². The van der Waals surface area contributed by atoms with Crippen molar-refractivity contribution in [3.63, 3.8) is 0 Å². The third kappa shape index (κ3) is 1.79. The molecule has 0 aliphatic carbocycles. The van der Waals surface area contributed by atoms with Gasteiger partial charge in [-0.2, -0.15) is 0 Å². The Morgan fingerprint density at radius 2 is 2.06 bits per heavy atom. The summed E-state index contributed by atoms with van der Waals surface area (Å²) >= 11 is 0. The molecule has 84 valence electrons. The first-order chi connectivity index (χ1) is 7.59. The van der Waals surface area contributed by atoms with Gasteiger partial charge in [0, 0.05) is 23.0 Å². The van der Waals surface area contributed by atoms with E-state index in [0.29, 0.717) is 6.54 Å². The minimum atomic E-state index is -0.909. The van der Waals surface area contributed by atoms with Gasteiger partial charge in [0.05, 0.1) is 0 Å². The van der Waals surface area contributed by atoms with Crippen LogP contribution in [0.15, 0.2) is 24.3 Å². The first kappa shape index (κ1) is 10.7. The topological polar surface area (TPSA) is 56.3 Å². The summed E-state index contributed by atoms with van der Waals surface area (Å²) in [5.74, 6) is -0.909. The molecule has 0 radical (unpaired) electrons. The van der Waals surface area contributed by atoms with Crippen molar-refractivity contribution >= 4 is 16.9 Å². The second-order valence-corrected chi connectivity index (χ2v) is 4.07. The molecule has 0 aliphatic heterocycles. The zero-order valence-corrected chi connectivity index (χ0v) is 9.32. The van der Waals surface area contributed by atoms with Crippen LogP contribution < -0.4 is 0 Å². The van der Waals surface area contributed by atoms with Crippen molar-refractivity contribution in [2.75, 3.05) is 14.1 Å². The largest absolute Gasteiger partial charge is 0.477 e. The molecule has 0 amide bonds. The molecular weight excluding hydrogens is 204 g/mol. The molecule has 2 N–H and O–H groups in total. The number of hydrogen-bond acceptors (Lipinski definition) is 2. The summed E-state index contributed by atoms with van der Waals surface area (Å²) in [4.78, 5) is 16.0. The number of rotatable bonds is 3. The molecule has 1 heterocycles. The monoisotopic (exact) mass is 218 g/mol. The van der Waals surface area contributed by atoms with Gasteiger partial charge in [-0.1, -0.05) is 18.2 Å². The summed E-state index contributed by atoms with van der Waals surface area (Å²) in [5, 5.41) is 10.1. The molecule has 0 saturated carbocycles. The minimum Gasteiger partial charge on any atom is -0.477 e. The average Bonchev–Trinajstić information content (AvgIpc) is 2.57. The van der Waals surface area contributed by atoms with Crippen LogP contribution in [0.3, 0.4) is 0 Å². The normalized spacial score (nSPS) is 11.2. The lowest BCUT2D eigenvalue weighted by Crippen LogP contribution is -2.13. The van der Waals surface area contributed by atoms with Crippen LogP contribution in [-0.2, 0) is 6.54 Å². The van der Waals surface area contributed by atoms with E-state index >= 15 is 0 Å². The van der Waals surface area contributed by atoms with Crippen molar-refractivity contribution < 1.29 is 9.90 Å². The SMILES string of the molecule is CN(C)Cc1c(C(=O)O)[nH]c2ccccc12. The number of aromatic nitrogens is 1. The fourth-order valence-corrected chi connectivity index (χ4v) is 1.86. The Hall–Kier alpha value is -1.81. The van der Waals surface area contributed by atoms with E-state index < -0.39 is 5.97 Å². The highest BCUT2D eigenvalue weighted by atomic mass is 16.4. The summed E-state index contributed by atoms with van der Waals surface area (Å²) < 4.78 is 0. The van der Waals surface area contributed by atoms with Gasteiger partial charge in [-0.25, -0.2) is 4.79 Å². The van der Waals surface area contributed by atoms with Crippen molar-refractivity contribution in [2.45, 2.75) is 6.54 Å². The number of carbonyl (C=O) groups is 1. The second kappa shape index (κ2) is 3.98. The van der Waals surface area contributed by atoms with Crippen LogP contribution >= 0.6 is 0 Å². The molecule has 1 aromatic carbocycles. The lowest BCUT2D eigenvalue weighted by molar-refractivity contribution is 0.0689. The number of nitrogens with zero attached hydrogens (tertiary/aromatic N) is 1. The summed E-state index contributed by atoms with van der Waals surface area (Å²) in [7, 11) is 3.85. The zero-order valence-electron chi connectivity index (χ0n) is 9.32. The Balaban J connectivity index is 2.64. The maximum Gasteiger partial charge on any atom is 0.352 e. The first-order valence-corrected chi connectivity index (χ1v) is 5.07. The maximum atomic E-state index is 11.1. The molecule has 2 aromatic rings. The number of H-pyrrole nitrogens is 1. The number of para-hydroxylation sites is 1. The molecule has 0 spiro atoms. The third-order valence-electron chi connectivity index (χ3n) is 2.50. The standard InChI is InChI=1S/C12H14N2O2/c1-14(2)7-9-8-5-3-4-6-10(8)13-11(9)12(15)16/h3-6,13H,7H2,1-2H3,(H,15,16). The molecule has 0 unspecified atom stereocenters. The van der Waals surface area contributed by atoms with Gasteiger partial charge in [0.15, 0.2) is 0 Å². The van der Waals surface area contributed by atoms with Crippen LogP contribution in [0.25, 0.3) is 10.9 Å². The highest BCUT2D eigenvalue weighted by Crippen LogP contribution is 2.23. The number of hydrogen-bond donors (Lipinski definition) is 2. The lowest BCUT2D eigenvalue weighted by Gasteiger charge is -2.09. The van der Waals surface area contributed by atoms with E-state index in [9.17, 15) is 4.79 Å². The maximum absolute atomic E-state index is 11.1. The highest BCUT2D eigenvalue weighted by molar-refractivity contribution is 5.97. The number of aromatic carboxylic acids is 1. The fraction of sp³-hybridized carbons (Fsp3) is 0.250. The van der Waals surface area contributed by atoms with Gasteiger partial charge in [0.2, 0.25) is 0 Å². The van der Waals surface area contributed by atoms with Crippen LogP contribution in [-0.4, -0.2) is 35.1 Å². The van der Waals surface area contributed by atoms with Crippen molar-refractivity contribution in [2.24, 2.45) is 0 Å². The molecular formula is C12H14N2O2. The molecule has 0 bridgehead atoms. The van der Waals surface area contributed by atoms with Gasteiger partial charge in [-0.3, -0.25) is 0 Å². The minimum absolute atomic E-state index is 0.287. The van der Waals surface area contributed by atoms with Gasteiger partial charge in [0.25, 0.3) is 0 Å². The zero-order chi connectivity index (χ0) is 11.7. The van der Waals surface area contributed by atoms with Gasteiger partial charge in [0.1, 0.15) is 5.69 Å². The predicted octanol–water partition coefficient (Wildman–Crippen LogP) is 1.93. The van der Waals surface area contributed by atoms with E-state index in [1.807, 2.05) is 43.3 Å². The number of fused-ring (bicyclic) bond motifs is 1. The number of carboxylic acid groups (broad SMARTS) is 1. The summed E-state index contributed by atoms with van der Waals surface area (Å²) in [6, 6.07) is 7.64. The number of nitrogens with one attached hydrogen (secondary N) is 1. The van der Waals surface area contributed by atoms with Crippen molar-refractivity contribution in [1.29, 1.82) is 0 Å². The first-order valence-electron chi connectivity index (χ1n) is 5.07. The molecule has 0 fully saturated rings. The molecule has 4 heteroatoms. The summed E-state index contributed by atoms with van der Waals surface area (Å²) in [5.41, 5.74) is 2.00. The molecule has 0 aliphatic rings. The number of carboxylic acids is 1. The quantitative estimate of drug-likeness (QED) is 0.827. The molecule has 4 nitrogen and oxygen atoms in total. The van der Waals surface area contributed by atoms with E-state index in [4.69, 9.17) is 5.11 Å². The van der Waals surface area contributed by atoms with Gasteiger partial charge in [-0.15, -0.1) is 0 Å². The Labute approximate surface area is 93.5 Å². The van der Waals surface area contributed by atoms with Crippen LogP contribution in [0.4, 0.5) is 0 Å². The Morgan fingerprint density at radius 1 is 1.38 bits per heavy atom. The summed E-state index contributed by atoms with van der Waals surface area (Å²) in [6.07, 6.45) is 0. The van der Waals surface area contributed by atoms with Crippen molar-refractivity contribution in [3.8, 4) is 0 Å². The third-order valence-corrected chi connectivity index (χ3v) is 2.50. The molecule has 0 atom stereocenters. The van der Waals surface area contributed by atoms with Gasteiger partial charge < -0.3 is 15.0 Å². The van der Waals surface area contributed by atoms with Crippen molar-refractivity contribution in [3.05, 3.63) is 35.5 Å². The van der Waals surface area contributed by atoms with Crippen LogP contribution in [0.2, 0.25) is 0 Å². The van der Waals surface area contributed by atoms with E-state index in [2.05, 4.69) is 4.98 Å². The predicted molar refractivity (Wildman–Crippen MR) is 62.6 cm³/mol. The smallest absolute Gasteiger partial charge is 0.352 e. The molecule has 16 heavy (non-hydrogen) atoms. The Kier molecular flexibility index (Phi) is 2.66. The fourth-order valence-electron chi connectivity index (χ4n) is 1.86. The molecule has 1 aromatic heterocycles. The van der Waals surface area contributed by atoms with Gasteiger partial charge in [-0.05, 0) is 20.2 Å². The van der Waals surface area contributed by atoms with E-state index in [-0.39, 0.29) is 5.69 Å². The molecule has 0 saturated heterocycles. The van der Waals surface area contributed by atoms with Crippen molar-refractivity contribution in [1.82, 2.24) is 9.88 Å². The van der Waals surface area contributed by atoms with Crippen LogP contribution in [0, 0.1) is 0 Å². The summed E-state index contributed by atoms with van der Waals surface area (Å²) in [6.45, 7) is 0.617. The Morgan fingerprint density at radius 3 is 2.69 bits per heavy atom. The van der Waals surface area contributed by atoms with Crippen LogP contribution in [0.1, 0.15) is 16.1 Å². The lowest BCUT2D eigenvalue weighted by atomic mass is 10.1. The second-order valence-electron chi connectivity index (χ2n) is 4.07. The number of aromatic amines is 1. The van der Waals surface area contributed by atoms with E-state index in [1.165, 1.54) is 0 Å². The molecule has 2 rings (SSSR count). The highest BCUT2D eigenvalue weighted by Gasteiger charge is 2.16. The van der Waals surface area contributed by atoms with E-state index in [0.717, 1.165) is 16.5 Å². The Bertz CT molecular complexity index is 529.